The van der Waals surface area contributed by atoms with E-state index in [4.69, 9.17) is 11.6 Å². The van der Waals surface area contributed by atoms with E-state index in [0.29, 0.717) is 22.1 Å². The molecule has 0 amide bonds. The van der Waals surface area contributed by atoms with Gasteiger partial charge >= 0.3 is 0 Å². The smallest absolute Gasteiger partial charge is 0.227 e. The molecule has 0 saturated carbocycles. The summed E-state index contributed by atoms with van der Waals surface area (Å²) < 4.78 is 13.8. The predicted molar refractivity (Wildman–Crippen MR) is 108 cm³/mol. The molecule has 4 heteroatoms. The molecule has 0 aliphatic rings. The number of rotatable bonds is 9. The van der Waals surface area contributed by atoms with E-state index in [1.165, 1.54) is 6.42 Å². The molecule has 0 aliphatic heterocycles. The Morgan fingerprint density at radius 1 is 0.960 bits per heavy atom. The fraction of sp³-hybridized carbons (Fsp3) is 0.381. The lowest BCUT2D eigenvalue weighted by atomic mass is 10.1. The first-order chi connectivity index (χ1) is 12.0. The molecular formula is C21H26ClO2P. The summed E-state index contributed by atoms with van der Waals surface area (Å²) in [6.45, 7) is 4.01. The molecule has 2 aromatic rings. The van der Waals surface area contributed by atoms with Crippen molar-refractivity contribution in [3.05, 3.63) is 64.7 Å². The van der Waals surface area contributed by atoms with Crippen molar-refractivity contribution in [2.45, 2.75) is 46.0 Å². The van der Waals surface area contributed by atoms with Gasteiger partial charge in [-0.05, 0) is 25.0 Å². The fourth-order valence-electron chi connectivity index (χ4n) is 3.04. The molecule has 25 heavy (non-hydrogen) atoms. The monoisotopic (exact) mass is 376 g/mol. The molecule has 2 aromatic carbocycles. The van der Waals surface area contributed by atoms with Gasteiger partial charge in [-0.15, -0.1) is 0 Å². The van der Waals surface area contributed by atoms with Crippen LogP contribution in [-0.4, -0.2) is 11.7 Å². The molecule has 0 radical (unpaired) electrons. The van der Waals surface area contributed by atoms with Gasteiger partial charge < -0.3 is 4.57 Å². The Balaban J connectivity index is 2.35. The van der Waals surface area contributed by atoms with Crippen LogP contribution in [0, 0.1) is 6.92 Å². The van der Waals surface area contributed by atoms with Crippen molar-refractivity contribution in [2.75, 3.05) is 6.16 Å². The van der Waals surface area contributed by atoms with E-state index < -0.39 is 7.14 Å². The summed E-state index contributed by atoms with van der Waals surface area (Å²) in [7, 11) is -3.21. The lowest BCUT2D eigenvalue weighted by Crippen LogP contribution is -2.17. The van der Waals surface area contributed by atoms with E-state index in [-0.39, 0.29) is 5.52 Å². The quantitative estimate of drug-likeness (QED) is 0.372. The average molecular weight is 377 g/mol. The van der Waals surface area contributed by atoms with Crippen LogP contribution in [0.15, 0.2) is 48.5 Å². The number of unbranched alkanes of at least 4 members (excludes halogenated alkanes) is 4. The highest BCUT2D eigenvalue weighted by molar-refractivity contribution is 7.87. The number of halogens is 1. The summed E-state index contributed by atoms with van der Waals surface area (Å²) in [4.78, 5) is 13.3. The Morgan fingerprint density at radius 2 is 1.64 bits per heavy atom. The van der Waals surface area contributed by atoms with Crippen molar-refractivity contribution in [3.63, 3.8) is 0 Å². The minimum Gasteiger partial charge on any atom is -0.310 e. The Hall–Kier alpha value is -1.37. The summed E-state index contributed by atoms with van der Waals surface area (Å²) in [5, 5.41) is 1.02. The summed E-state index contributed by atoms with van der Waals surface area (Å²) in [5.41, 5.74) is 0.877. The summed E-state index contributed by atoms with van der Waals surface area (Å²) in [6.07, 6.45) is 5.65. The van der Waals surface area contributed by atoms with Gasteiger partial charge in [-0.3, -0.25) is 4.79 Å². The minimum atomic E-state index is -3.21. The minimum absolute atomic E-state index is 0.308. The maximum atomic E-state index is 13.8. The second kappa shape index (κ2) is 9.36. The third kappa shape index (κ3) is 4.84. The third-order valence-corrected chi connectivity index (χ3v) is 7.79. The molecule has 0 saturated heterocycles. The van der Waals surface area contributed by atoms with Gasteiger partial charge in [-0.1, -0.05) is 86.7 Å². The average Bonchev–Trinajstić information content (AvgIpc) is 2.62. The number of benzene rings is 2. The maximum Gasteiger partial charge on any atom is 0.227 e. The maximum absolute atomic E-state index is 13.8. The number of carbonyl (C=O) groups is 1. The van der Waals surface area contributed by atoms with E-state index in [9.17, 15) is 9.36 Å². The summed E-state index contributed by atoms with van der Waals surface area (Å²) in [6, 6.07) is 14.5. The van der Waals surface area contributed by atoms with Crippen LogP contribution >= 0.6 is 18.7 Å². The van der Waals surface area contributed by atoms with E-state index in [1.807, 2.05) is 37.3 Å². The van der Waals surface area contributed by atoms with Gasteiger partial charge in [0.15, 0.2) is 7.14 Å². The molecule has 0 spiro atoms. The van der Waals surface area contributed by atoms with Crippen LogP contribution in [-0.2, 0) is 4.57 Å². The van der Waals surface area contributed by atoms with Gasteiger partial charge in [0, 0.05) is 17.0 Å². The zero-order chi connectivity index (χ0) is 18.3. The molecule has 1 unspecified atom stereocenters. The Kier molecular flexibility index (Phi) is 7.47. The van der Waals surface area contributed by atoms with Gasteiger partial charge in [0.05, 0.1) is 5.02 Å². The van der Waals surface area contributed by atoms with Crippen molar-refractivity contribution in [2.24, 2.45) is 0 Å². The predicted octanol–water partition coefficient (Wildman–Crippen LogP) is 6.45. The molecule has 2 rings (SSSR count). The van der Waals surface area contributed by atoms with Crippen molar-refractivity contribution in [3.8, 4) is 0 Å². The van der Waals surface area contributed by atoms with Gasteiger partial charge in [0.1, 0.15) is 0 Å². The van der Waals surface area contributed by atoms with Crippen LogP contribution in [0.3, 0.4) is 0 Å². The zero-order valence-electron chi connectivity index (χ0n) is 15.0. The molecule has 0 bridgehead atoms. The fourth-order valence-corrected chi connectivity index (χ4v) is 6.09. The van der Waals surface area contributed by atoms with Crippen LogP contribution in [0.5, 0.6) is 0 Å². The second-order valence-corrected chi connectivity index (χ2v) is 9.71. The first-order valence-corrected chi connectivity index (χ1v) is 11.2. The van der Waals surface area contributed by atoms with Crippen molar-refractivity contribution < 1.29 is 9.36 Å². The lowest BCUT2D eigenvalue weighted by Gasteiger charge is -2.19. The molecule has 134 valence electrons. The number of aryl methyl sites for hydroxylation is 1. The Labute approximate surface area is 156 Å². The van der Waals surface area contributed by atoms with Crippen molar-refractivity contribution in [1.29, 1.82) is 0 Å². The SMILES string of the molecule is CCCCCCCP(=O)(C(=O)c1c(C)cccc1Cl)c1ccccc1. The third-order valence-electron chi connectivity index (χ3n) is 4.51. The molecule has 0 heterocycles. The lowest BCUT2D eigenvalue weighted by molar-refractivity contribution is 0.107. The molecule has 0 N–H and O–H groups in total. The topological polar surface area (TPSA) is 34.1 Å². The van der Waals surface area contributed by atoms with E-state index in [2.05, 4.69) is 6.92 Å². The first-order valence-electron chi connectivity index (χ1n) is 8.95. The van der Waals surface area contributed by atoms with Gasteiger partial charge in [0.25, 0.3) is 0 Å². The normalized spacial score (nSPS) is 13.4. The molecular weight excluding hydrogens is 351 g/mol. The van der Waals surface area contributed by atoms with Crippen LogP contribution in [0.2, 0.25) is 5.02 Å². The van der Waals surface area contributed by atoms with Gasteiger partial charge in [-0.25, -0.2) is 0 Å². The standard InChI is InChI=1S/C21H26ClO2P/c1-3-4-5-6-10-16-25(24,18-13-8-7-9-14-18)21(23)20-17(2)12-11-15-19(20)22/h7-9,11-15H,3-6,10,16H2,1-2H3. The zero-order valence-corrected chi connectivity index (χ0v) is 16.7. The van der Waals surface area contributed by atoms with E-state index in [1.54, 1.807) is 18.2 Å². The van der Waals surface area contributed by atoms with E-state index in [0.717, 1.165) is 31.2 Å². The van der Waals surface area contributed by atoms with Crippen molar-refractivity contribution in [1.82, 2.24) is 0 Å². The highest BCUT2D eigenvalue weighted by atomic mass is 35.5. The highest BCUT2D eigenvalue weighted by Crippen LogP contribution is 2.50. The van der Waals surface area contributed by atoms with Gasteiger partial charge in [-0.2, -0.15) is 0 Å². The first kappa shape index (κ1) is 19.9. The number of carbonyl (C=O) groups excluding carboxylic acids is 1. The Morgan fingerprint density at radius 3 is 2.28 bits per heavy atom. The van der Waals surface area contributed by atoms with E-state index >= 15 is 0 Å². The van der Waals surface area contributed by atoms with Crippen LogP contribution < -0.4 is 5.30 Å². The van der Waals surface area contributed by atoms with Crippen LogP contribution in [0.1, 0.15) is 54.9 Å². The second-order valence-electron chi connectivity index (χ2n) is 6.45. The largest absolute Gasteiger partial charge is 0.310 e. The van der Waals surface area contributed by atoms with Crippen molar-refractivity contribution >= 4 is 29.6 Å². The highest BCUT2D eigenvalue weighted by Gasteiger charge is 2.35. The summed E-state index contributed by atoms with van der Waals surface area (Å²) in [5.74, 6) is 0. The molecule has 2 nitrogen and oxygen atoms in total. The molecule has 0 aliphatic carbocycles. The van der Waals surface area contributed by atoms with Crippen LogP contribution in [0.25, 0.3) is 0 Å². The number of hydrogen-bond acceptors (Lipinski definition) is 2. The number of hydrogen-bond donors (Lipinski definition) is 0. The molecule has 1 atom stereocenters. The molecule has 0 fully saturated rings. The summed E-state index contributed by atoms with van der Waals surface area (Å²) >= 11 is 6.28. The molecule has 0 aromatic heterocycles. The Bertz CT molecular complexity index is 735. The van der Waals surface area contributed by atoms with Crippen LogP contribution in [0.4, 0.5) is 0 Å². The van der Waals surface area contributed by atoms with Gasteiger partial charge in [0.2, 0.25) is 5.52 Å².